The standard InChI is InChI=1S/C21H31N3O5S/c1-3-29-21(26)23-13-9-17(10-14-23)20(25)22-18-8-7-16(2)19(15-18)30(27,28)24-11-5-4-6-12-24/h7-8,15,17H,3-6,9-14H2,1-2H3,(H,22,25). The molecular weight excluding hydrogens is 406 g/mol. The number of benzene rings is 1. The highest BCUT2D eigenvalue weighted by atomic mass is 32.2. The molecule has 2 fully saturated rings. The van der Waals surface area contributed by atoms with Crippen LogP contribution in [0, 0.1) is 12.8 Å². The van der Waals surface area contributed by atoms with Crippen LogP contribution in [0.4, 0.5) is 10.5 Å². The number of nitrogens with one attached hydrogen (secondary N) is 1. The molecule has 2 saturated heterocycles. The van der Waals surface area contributed by atoms with E-state index in [1.54, 1.807) is 36.9 Å². The summed E-state index contributed by atoms with van der Waals surface area (Å²) in [5.41, 5.74) is 1.15. The molecular formula is C21H31N3O5S. The van der Waals surface area contributed by atoms with Crippen LogP contribution >= 0.6 is 0 Å². The van der Waals surface area contributed by atoms with Crippen molar-refractivity contribution in [1.82, 2.24) is 9.21 Å². The summed E-state index contributed by atoms with van der Waals surface area (Å²) < 4.78 is 32.7. The van der Waals surface area contributed by atoms with E-state index in [4.69, 9.17) is 4.74 Å². The van der Waals surface area contributed by atoms with Crippen LogP contribution in [0.2, 0.25) is 0 Å². The molecule has 0 spiro atoms. The van der Waals surface area contributed by atoms with Crippen molar-refractivity contribution in [3.05, 3.63) is 23.8 Å². The van der Waals surface area contributed by atoms with Gasteiger partial charge in [0.2, 0.25) is 15.9 Å². The molecule has 166 valence electrons. The number of hydrogen-bond acceptors (Lipinski definition) is 5. The van der Waals surface area contributed by atoms with Crippen LogP contribution in [0.1, 0.15) is 44.6 Å². The lowest BCUT2D eigenvalue weighted by molar-refractivity contribution is -0.121. The molecule has 0 bridgehead atoms. The molecule has 0 saturated carbocycles. The van der Waals surface area contributed by atoms with Crippen LogP contribution in [0.25, 0.3) is 0 Å². The van der Waals surface area contributed by atoms with Crippen molar-refractivity contribution in [2.45, 2.75) is 50.8 Å². The van der Waals surface area contributed by atoms with Crippen molar-refractivity contribution in [3.63, 3.8) is 0 Å². The number of carbonyl (C=O) groups is 2. The maximum atomic E-state index is 13.1. The number of piperidine rings is 2. The third kappa shape index (κ3) is 5.13. The Bertz CT molecular complexity index is 873. The molecule has 2 aliphatic rings. The predicted molar refractivity (Wildman–Crippen MR) is 114 cm³/mol. The SMILES string of the molecule is CCOC(=O)N1CCC(C(=O)Nc2ccc(C)c(S(=O)(=O)N3CCCCC3)c2)CC1. The summed E-state index contributed by atoms with van der Waals surface area (Å²) in [5, 5.41) is 2.87. The van der Waals surface area contributed by atoms with E-state index in [1.165, 1.54) is 4.31 Å². The van der Waals surface area contributed by atoms with Crippen LogP contribution in [-0.2, 0) is 19.6 Å². The van der Waals surface area contributed by atoms with E-state index in [0.717, 1.165) is 19.3 Å². The van der Waals surface area contributed by atoms with Gasteiger partial charge in [-0.3, -0.25) is 4.79 Å². The fourth-order valence-electron chi connectivity index (χ4n) is 3.98. The van der Waals surface area contributed by atoms with Gasteiger partial charge >= 0.3 is 6.09 Å². The fourth-order valence-corrected chi connectivity index (χ4v) is 5.75. The zero-order valence-corrected chi connectivity index (χ0v) is 18.5. The Kier molecular flexibility index (Phi) is 7.36. The Morgan fingerprint density at radius 3 is 2.40 bits per heavy atom. The molecule has 0 aromatic heterocycles. The molecule has 1 aromatic carbocycles. The summed E-state index contributed by atoms with van der Waals surface area (Å²) in [6.07, 6.45) is 3.56. The zero-order chi connectivity index (χ0) is 21.7. The summed E-state index contributed by atoms with van der Waals surface area (Å²) in [6, 6.07) is 5.02. The maximum Gasteiger partial charge on any atom is 0.409 e. The van der Waals surface area contributed by atoms with Crippen molar-refractivity contribution < 1.29 is 22.7 Å². The number of likely N-dealkylation sites (tertiary alicyclic amines) is 1. The highest BCUT2D eigenvalue weighted by Gasteiger charge is 2.30. The van der Waals surface area contributed by atoms with E-state index >= 15 is 0 Å². The number of sulfonamides is 1. The molecule has 0 aliphatic carbocycles. The molecule has 0 unspecified atom stereocenters. The highest BCUT2D eigenvalue weighted by molar-refractivity contribution is 7.89. The summed E-state index contributed by atoms with van der Waals surface area (Å²) in [5.74, 6) is -0.372. The molecule has 1 N–H and O–H groups in total. The summed E-state index contributed by atoms with van der Waals surface area (Å²) >= 11 is 0. The van der Waals surface area contributed by atoms with Crippen LogP contribution in [0.5, 0.6) is 0 Å². The number of rotatable bonds is 5. The second-order valence-corrected chi connectivity index (χ2v) is 9.80. The molecule has 2 amide bonds. The largest absolute Gasteiger partial charge is 0.450 e. The lowest BCUT2D eigenvalue weighted by atomic mass is 9.96. The first-order valence-electron chi connectivity index (χ1n) is 10.7. The van der Waals surface area contributed by atoms with E-state index in [9.17, 15) is 18.0 Å². The summed E-state index contributed by atoms with van der Waals surface area (Å²) in [7, 11) is -3.57. The number of anilines is 1. The van der Waals surface area contributed by atoms with Gasteiger partial charge in [0.1, 0.15) is 0 Å². The van der Waals surface area contributed by atoms with Crippen LogP contribution in [-0.4, -0.2) is 62.4 Å². The van der Waals surface area contributed by atoms with Crippen molar-refractivity contribution in [2.75, 3.05) is 38.1 Å². The average Bonchev–Trinajstić information content (AvgIpc) is 2.76. The Morgan fingerprint density at radius 2 is 1.77 bits per heavy atom. The second kappa shape index (κ2) is 9.78. The van der Waals surface area contributed by atoms with Gasteiger partial charge in [0.15, 0.2) is 0 Å². The molecule has 0 atom stereocenters. The lowest BCUT2D eigenvalue weighted by Crippen LogP contribution is -2.41. The van der Waals surface area contributed by atoms with Crippen molar-refractivity contribution >= 4 is 27.7 Å². The second-order valence-electron chi connectivity index (χ2n) is 7.89. The molecule has 2 aliphatic heterocycles. The number of hydrogen-bond donors (Lipinski definition) is 1. The van der Waals surface area contributed by atoms with Crippen molar-refractivity contribution in [1.29, 1.82) is 0 Å². The topological polar surface area (TPSA) is 96.0 Å². The molecule has 9 heteroatoms. The third-order valence-corrected chi connectivity index (χ3v) is 7.82. The Morgan fingerprint density at radius 1 is 1.10 bits per heavy atom. The fraction of sp³-hybridized carbons (Fsp3) is 0.619. The first kappa shape index (κ1) is 22.6. The van der Waals surface area contributed by atoms with Crippen molar-refractivity contribution in [2.24, 2.45) is 5.92 Å². The molecule has 0 radical (unpaired) electrons. The highest BCUT2D eigenvalue weighted by Crippen LogP contribution is 2.27. The monoisotopic (exact) mass is 437 g/mol. The Balaban J connectivity index is 1.65. The average molecular weight is 438 g/mol. The molecule has 30 heavy (non-hydrogen) atoms. The van der Waals surface area contributed by atoms with Gasteiger partial charge in [-0.2, -0.15) is 4.31 Å². The minimum atomic E-state index is -3.57. The maximum absolute atomic E-state index is 13.1. The summed E-state index contributed by atoms with van der Waals surface area (Å²) in [4.78, 5) is 26.4. The first-order valence-corrected chi connectivity index (χ1v) is 12.1. The third-order valence-electron chi connectivity index (χ3n) is 5.78. The van der Waals surface area contributed by atoms with Gasteiger partial charge in [0.25, 0.3) is 0 Å². The zero-order valence-electron chi connectivity index (χ0n) is 17.7. The van der Waals surface area contributed by atoms with E-state index < -0.39 is 10.0 Å². The first-order chi connectivity index (χ1) is 14.3. The normalized spacial score (nSPS) is 18.8. The minimum Gasteiger partial charge on any atom is -0.450 e. The van der Waals surface area contributed by atoms with Gasteiger partial charge in [-0.15, -0.1) is 0 Å². The van der Waals surface area contributed by atoms with Gasteiger partial charge in [-0.05, 0) is 57.2 Å². The van der Waals surface area contributed by atoms with Gasteiger partial charge in [-0.1, -0.05) is 12.5 Å². The number of nitrogens with zero attached hydrogens (tertiary/aromatic N) is 2. The van der Waals surface area contributed by atoms with E-state index in [0.29, 0.717) is 56.9 Å². The molecule has 1 aromatic rings. The smallest absolute Gasteiger partial charge is 0.409 e. The summed E-state index contributed by atoms with van der Waals surface area (Å²) in [6.45, 7) is 5.88. The van der Waals surface area contributed by atoms with Gasteiger partial charge in [-0.25, -0.2) is 13.2 Å². The van der Waals surface area contributed by atoms with Crippen molar-refractivity contribution in [3.8, 4) is 0 Å². The van der Waals surface area contributed by atoms with Crippen LogP contribution in [0.15, 0.2) is 23.1 Å². The van der Waals surface area contributed by atoms with Crippen LogP contribution < -0.4 is 5.32 Å². The number of aryl methyl sites for hydroxylation is 1. The van der Waals surface area contributed by atoms with Gasteiger partial charge in [0.05, 0.1) is 11.5 Å². The quantitative estimate of drug-likeness (QED) is 0.764. The Hall–Kier alpha value is -2.13. The number of carbonyl (C=O) groups excluding carboxylic acids is 2. The van der Waals surface area contributed by atoms with E-state index in [2.05, 4.69) is 5.32 Å². The Labute approximate surface area is 178 Å². The van der Waals surface area contributed by atoms with Crippen LogP contribution in [0.3, 0.4) is 0 Å². The molecule has 3 rings (SSSR count). The van der Waals surface area contributed by atoms with Gasteiger partial charge < -0.3 is 15.0 Å². The van der Waals surface area contributed by atoms with E-state index in [-0.39, 0.29) is 22.8 Å². The number of amides is 2. The molecule has 8 nitrogen and oxygen atoms in total. The minimum absolute atomic E-state index is 0.149. The van der Waals surface area contributed by atoms with Gasteiger partial charge in [0, 0.05) is 37.8 Å². The number of ether oxygens (including phenoxy) is 1. The predicted octanol–water partition coefficient (Wildman–Crippen LogP) is 2.98. The lowest BCUT2D eigenvalue weighted by Gasteiger charge is -2.30. The molecule has 2 heterocycles. The van der Waals surface area contributed by atoms with E-state index in [1.807, 2.05) is 0 Å².